The fourth-order valence-electron chi connectivity index (χ4n) is 3.00. The van der Waals surface area contributed by atoms with Gasteiger partial charge in [0, 0.05) is 23.4 Å². The predicted molar refractivity (Wildman–Crippen MR) is 109 cm³/mol. The van der Waals surface area contributed by atoms with Gasteiger partial charge in [-0.15, -0.1) is 0 Å². The lowest BCUT2D eigenvalue weighted by atomic mass is 10.1. The topological polar surface area (TPSA) is 115 Å². The second-order valence-corrected chi connectivity index (χ2v) is 6.50. The first-order valence-corrected chi connectivity index (χ1v) is 9.18. The molecule has 0 aliphatic rings. The van der Waals surface area contributed by atoms with Gasteiger partial charge in [0.15, 0.2) is 6.61 Å². The maximum atomic E-state index is 12.4. The van der Waals surface area contributed by atoms with Crippen molar-refractivity contribution < 1.29 is 23.9 Å². The summed E-state index contributed by atoms with van der Waals surface area (Å²) >= 11 is 0. The number of hydrogen-bond donors (Lipinski definition) is 2. The number of benzene rings is 2. The molecule has 8 nitrogen and oxygen atoms in total. The lowest BCUT2D eigenvalue weighted by Crippen LogP contribution is -2.44. The number of hydrogen-bond acceptors (Lipinski definition) is 6. The van der Waals surface area contributed by atoms with Gasteiger partial charge in [-0.2, -0.15) is 0 Å². The maximum absolute atomic E-state index is 12.4. The Bertz CT molecular complexity index is 1120. The van der Waals surface area contributed by atoms with Crippen LogP contribution in [0.5, 0.6) is 0 Å². The summed E-state index contributed by atoms with van der Waals surface area (Å²) in [5.41, 5.74) is 0.907. The van der Waals surface area contributed by atoms with E-state index in [1.807, 2.05) is 30.3 Å². The summed E-state index contributed by atoms with van der Waals surface area (Å²) in [4.78, 5) is 51.1. The fourth-order valence-corrected chi connectivity index (χ4v) is 3.00. The Morgan fingerprint density at radius 3 is 2.47 bits per heavy atom. The van der Waals surface area contributed by atoms with Gasteiger partial charge in [-0.1, -0.05) is 48.5 Å². The predicted octanol–water partition coefficient (Wildman–Crippen LogP) is 1.59. The number of amides is 1. The third kappa shape index (κ3) is 5.11. The minimum Gasteiger partial charge on any atom is -0.467 e. The summed E-state index contributed by atoms with van der Waals surface area (Å²) in [6.07, 6.45) is 0.228. The number of aromatic nitrogens is 1. The van der Waals surface area contributed by atoms with Crippen LogP contribution in [0.25, 0.3) is 10.9 Å². The fraction of sp³-hybridized carbons (Fsp3) is 0.182. The molecule has 0 unspecified atom stereocenters. The molecule has 0 aliphatic carbocycles. The van der Waals surface area contributed by atoms with Gasteiger partial charge >= 0.3 is 11.9 Å². The third-order valence-corrected chi connectivity index (χ3v) is 4.41. The summed E-state index contributed by atoms with van der Waals surface area (Å²) in [5.74, 6) is -2.09. The van der Waals surface area contributed by atoms with Crippen LogP contribution in [0.2, 0.25) is 0 Å². The number of aromatic amines is 1. The molecule has 0 radical (unpaired) electrons. The highest BCUT2D eigenvalue weighted by Crippen LogP contribution is 2.15. The van der Waals surface area contributed by atoms with E-state index >= 15 is 0 Å². The van der Waals surface area contributed by atoms with E-state index in [0.29, 0.717) is 10.9 Å². The first kappa shape index (κ1) is 20.8. The van der Waals surface area contributed by atoms with Crippen molar-refractivity contribution in [1.29, 1.82) is 0 Å². The summed E-state index contributed by atoms with van der Waals surface area (Å²) < 4.78 is 9.80. The molecule has 0 saturated carbocycles. The number of fused-ring (bicyclic) bond motifs is 1. The summed E-state index contributed by atoms with van der Waals surface area (Å²) in [7, 11) is 1.23. The lowest BCUT2D eigenvalue weighted by Gasteiger charge is -2.16. The molecule has 2 N–H and O–H groups in total. The van der Waals surface area contributed by atoms with Crippen LogP contribution < -0.4 is 10.9 Å². The number of nitrogens with one attached hydrogen (secondary N) is 2. The van der Waals surface area contributed by atoms with Crippen LogP contribution in [0.1, 0.15) is 15.9 Å². The number of para-hydroxylation sites is 1. The highest BCUT2D eigenvalue weighted by atomic mass is 16.5. The minimum atomic E-state index is -0.927. The van der Waals surface area contributed by atoms with Gasteiger partial charge in [-0.05, 0) is 11.6 Å². The molecule has 3 rings (SSSR count). The molecule has 1 heterocycles. The largest absolute Gasteiger partial charge is 0.467 e. The van der Waals surface area contributed by atoms with Crippen LogP contribution >= 0.6 is 0 Å². The van der Waals surface area contributed by atoms with E-state index in [0.717, 1.165) is 11.6 Å². The second-order valence-electron chi connectivity index (χ2n) is 6.50. The van der Waals surface area contributed by atoms with Gasteiger partial charge in [-0.3, -0.25) is 9.59 Å². The van der Waals surface area contributed by atoms with Crippen LogP contribution in [0.15, 0.2) is 65.5 Å². The Morgan fingerprint density at radius 1 is 1.03 bits per heavy atom. The van der Waals surface area contributed by atoms with E-state index in [-0.39, 0.29) is 12.0 Å². The second kappa shape index (κ2) is 9.51. The molecule has 0 aliphatic heterocycles. The van der Waals surface area contributed by atoms with Gasteiger partial charge in [0.1, 0.15) is 6.04 Å². The molecule has 0 spiro atoms. The van der Waals surface area contributed by atoms with Crippen molar-refractivity contribution in [2.75, 3.05) is 13.7 Å². The van der Waals surface area contributed by atoms with Crippen molar-refractivity contribution >= 4 is 28.7 Å². The quantitative estimate of drug-likeness (QED) is 0.574. The van der Waals surface area contributed by atoms with E-state index in [2.05, 4.69) is 10.3 Å². The number of carbonyl (C=O) groups is 3. The van der Waals surface area contributed by atoms with Crippen LogP contribution in [0.3, 0.4) is 0 Å². The van der Waals surface area contributed by atoms with E-state index in [1.54, 1.807) is 24.3 Å². The average molecular weight is 408 g/mol. The average Bonchev–Trinajstić information content (AvgIpc) is 2.76. The third-order valence-electron chi connectivity index (χ3n) is 4.41. The number of methoxy groups -OCH3 is 1. The molecule has 1 atom stereocenters. The minimum absolute atomic E-state index is 0.0518. The van der Waals surface area contributed by atoms with Crippen LogP contribution in [0, 0.1) is 0 Å². The monoisotopic (exact) mass is 408 g/mol. The van der Waals surface area contributed by atoms with Crippen molar-refractivity contribution in [2.45, 2.75) is 12.5 Å². The Labute approximate surface area is 171 Å². The Hall–Kier alpha value is -3.94. The molecule has 30 heavy (non-hydrogen) atoms. The van der Waals surface area contributed by atoms with Gasteiger partial charge in [0.05, 0.1) is 12.7 Å². The van der Waals surface area contributed by atoms with E-state index in [4.69, 9.17) is 9.47 Å². The highest BCUT2D eigenvalue weighted by Gasteiger charge is 2.23. The van der Waals surface area contributed by atoms with Gasteiger partial charge in [0.2, 0.25) is 5.56 Å². The van der Waals surface area contributed by atoms with Crippen molar-refractivity contribution in [2.24, 2.45) is 0 Å². The normalized spacial score (nSPS) is 11.5. The Morgan fingerprint density at radius 2 is 1.73 bits per heavy atom. The molecule has 2 aromatic carbocycles. The maximum Gasteiger partial charge on any atom is 0.339 e. The molecule has 1 amide bonds. The zero-order chi connectivity index (χ0) is 21.5. The molecule has 3 aromatic rings. The lowest BCUT2D eigenvalue weighted by molar-refractivity contribution is -0.145. The molecular formula is C22H20N2O6. The van der Waals surface area contributed by atoms with Gasteiger partial charge in [-0.25, -0.2) is 9.59 Å². The van der Waals surface area contributed by atoms with Crippen LogP contribution in [0.4, 0.5) is 0 Å². The van der Waals surface area contributed by atoms with E-state index in [9.17, 15) is 19.2 Å². The van der Waals surface area contributed by atoms with Gasteiger partial charge in [0.25, 0.3) is 5.91 Å². The molecule has 0 saturated heterocycles. The van der Waals surface area contributed by atoms with Crippen LogP contribution in [-0.2, 0) is 25.5 Å². The van der Waals surface area contributed by atoms with E-state index < -0.39 is 36.1 Å². The first-order chi connectivity index (χ1) is 14.5. The molecule has 0 bridgehead atoms. The number of H-pyrrole nitrogens is 1. The number of esters is 2. The van der Waals surface area contributed by atoms with Crippen LogP contribution in [-0.4, -0.2) is 42.6 Å². The molecule has 8 heteroatoms. The van der Waals surface area contributed by atoms with Crippen molar-refractivity contribution in [3.05, 3.63) is 82.1 Å². The molecule has 1 aromatic heterocycles. The number of pyridine rings is 1. The van der Waals surface area contributed by atoms with Crippen molar-refractivity contribution in [3.63, 3.8) is 0 Å². The standard InChI is InChI=1S/C22H20N2O6/c1-29-22(28)18(11-14-7-3-2-4-8-14)24-20(26)13-30-21(27)16-12-19(25)23-17-10-6-5-9-15(16)17/h2-10,12,18H,11,13H2,1H3,(H,23,25)(H,24,26)/t18-/m1/s1. The number of rotatable bonds is 7. The van der Waals surface area contributed by atoms with Crippen molar-refractivity contribution in [3.8, 4) is 0 Å². The zero-order valence-electron chi connectivity index (χ0n) is 16.2. The summed E-state index contributed by atoms with van der Waals surface area (Å²) in [6, 6.07) is 16.1. The van der Waals surface area contributed by atoms with Crippen molar-refractivity contribution in [1.82, 2.24) is 10.3 Å². The first-order valence-electron chi connectivity index (χ1n) is 9.18. The summed E-state index contributed by atoms with van der Waals surface area (Å²) in [6.45, 7) is -0.609. The number of carbonyl (C=O) groups excluding carboxylic acids is 3. The molecular weight excluding hydrogens is 388 g/mol. The Kier molecular flexibility index (Phi) is 6.59. The Balaban J connectivity index is 1.66. The summed E-state index contributed by atoms with van der Waals surface area (Å²) in [5, 5.41) is 3.01. The zero-order valence-corrected chi connectivity index (χ0v) is 16.2. The highest BCUT2D eigenvalue weighted by molar-refractivity contribution is 6.03. The number of ether oxygens (including phenoxy) is 2. The molecule has 154 valence electrons. The van der Waals surface area contributed by atoms with E-state index in [1.165, 1.54) is 7.11 Å². The molecule has 0 fully saturated rings. The van der Waals surface area contributed by atoms with Gasteiger partial charge < -0.3 is 19.8 Å². The SMILES string of the molecule is COC(=O)[C@@H](Cc1ccccc1)NC(=O)COC(=O)c1cc(=O)[nH]c2ccccc12. The smallest absolute Gasteiger partial charge is 0.339 e.